The molecule has 1 aliphatic rings. The summed E-state index contributed by atoms with van der Waals surface area (Å²) in [4.78, 5) is 0. The van der Waals surface area contributed by atoms with Crippen LogP contribution in [0.2, 0.25) is 0 Å². The zero-order chi connectivity index (χ0) is 14.7. The highest BCUT2D eigenvalue weighted by atomic mass is 16.5. The first-order valence-corrected chi connectivity index (χ1v) is 7.36. The number of rotatable bonds is 4. The van der Waals surface area contributed by atoms with Crippen molar-refractivity contribution < 1.29 is 9.47 Å². The van der Waals surface area contributed by atoms with Crippen molar-refractivity contribution in [3.05, 3.63) is 59.2 Å². The lowest BCUT2D eigenvalue weighted by atomic mass is 9.98. The molecule has 3 rings (SSSR count). The number of nitrogens with one attached hydrogen (secondary N) is 1. The van der Waals surface area contributed by atoms with Gasteiger partial charge in [-0.1, -0.05) is 30.3 Å². The summed E-state index contributed by atoms with van der Waals surface area (Å²) >= 11 is 0. The standard InChI is InChI=1S/C18H21NO2/c1-13-4-3-5-16-17(10-11-21-18(13)16)19-12-14-6-8-15(20-2)9-7-14/h3-9,17,19H,10-12H2,1-2H3. The van der Waals surface area contributed by atoms with Gasteiger partial charge in [-0.3, -0.25) is 0 Å². The molecule has 3 heteroatoms. The smallest absolute Gasteiger partial charge is 0.126 e. The van der Waals surface area contributed by atoms with Gasteiger partial charge in [-0.15, -0.1) is 0 Å². The van der Waals surface area contributed by atoms with Gasteiger partial charge >= 0.3 is 0 Å². The largest absolute Gasteiger partial charge is 0.497 e. The van der Waals surface area contributed by atoms with Crippen molar-refractivity contribution in [2.45, 2.75) is 25.9 Å². The van der Waals surface area contributed by atoms with Crippen LogP contribution in [-0.4, -0.2) is 13.7 Å². The molecular formula is C18H21NO2. The zero-order valence-electron chi connectivity index (χ0n) is 12.6. The summed E-state index contributed by atoms with van der Waals surface area (Å²) in [7, 11) is 1.69. The van der Waals surface area contributed by atoms with Gasteiger partial charge in [0.1, 0.15) is 11.5 Å². The molecule has 0 radical (unpaired) electrons. The van der Waals surface area contributed by atoms with Gasteiger partial charge in [0.15, 0.2) is 0 Å². The van der Waals surface area contributed by atoms with Gasteiger partial charge in [0, 0.05) is 24.6 Å². The van der Waals surface area contributed by atoms with Crippen LogP contribution in [0.25, 0.3) is 0 Å². The number of methoxy groups -OCH3 is 1. The van der Waals surface area contributed by atoms with Gasteiger partial charge in [-0.05, 0) is 30.2 Å². The van der Waals surface area contributed by atoms with E-state index in [0.29, 0.717) is 6.04 Å². The van der Waals surface area contributed by atoms with Crippen LogP contribution in [0.5, 0.6) is 11.5 Å². The van der Waals surface area contributed by atoms with Crippen molar-refractivity contribution in [1.82, 2.24) is 5.32 Å². The lowest BCUT2D eigenvalue weighted by Crippen LogP contribution is -2.27. The number of benzene rings is 2. The Morgan fingerprint density at radius 3 is 2.76 bits per heavy atom. The molecule has 2 aromatic carbocycles. The van der Waals surface area contributed by atoms with Gasteiger partial charge in [0.2, 0.25) is 0 Å². The summed E-state index contributed by atoms with van der Waals surface area (Å²) in [6.07, 6.45) is 1.01. The van der Waals surface area contributed by atoms with Crippen molar-refractivity contribution in [3.8, 4) is 11.5 Å². The Morgan fingerprint density at radius 1 is 1.19 bits per heavy atom. The summed E-state index contributed by atoms with van der Waals surface area (Å²) < 4.78 is 11.0. The Kier molecular flexibility index (Phi) is 4.11. The number of ether oxygens (including phenoxy) is 2. The number of aryl methyl sites for hydroxylation is 1. The van der Waals surface area contributed by atoms with Crippen LogP contribution in [-0.2, 0) is 6.54 Å². The molecule has 1 atom stereocenters. The van der Waals surface area contributed by atoms with Crippen LogP contribution in [0.1, 0.15) is 29.2 Å². The topological polar surface area (TPSA) is 30.5 Å². The fourth-order valence-electron chi connectivity index (χ4n) is 2.78. The molecule has 0 aromatic heterocycles. The molecule has 1 unspecified atom stereocenters. The third kappa shape index (κ3) is 3.03. The normalized spacial score (nSPS) is 17.0. The van der Waals surface area contributed by atoms with Crippen molar-refractivity contribution in [2.24, 2.45) is 0 Å². The van der Waals surface area contributed by atoms with Crippen molar-refractivity contribution in [2.75, 3.05) is 13.7 Å². The quantitative estimate of drug-likeness (QED) is 0.929. The summed E-state index contributed by atoms with van der Waals surface area (Å²) in [6, 6.07) is 14.9. The van der Waals surface area contributed by atoms with E-state index in [1.165, 1.54) is 16.7 Å². The average molecular weight is 283 g/mol. The summed E-state index contributed by atoms with van der Waals surface area (Å²) in [5.74, 6) is 1.95. The maximum absolute atomic E-state index is 5.81. The van der Waals surface area contributed by atoms with Crippen LogP contribution in [0, 0.1) is 6.92 Å². The third-order valence-electron chi connectivity index (χ3n) is 3.98. The Morgan fingerprint density at radius 2 is 2.00 bits per heavy atom. The average Bonchev–Trinajstić information content (AvgIpc) is 2.54. The second-order valence-electron chi connectivity index (χ2n) is 5.41. The van der Waals surface area contributed by atoms with E-state index in [1.807, 2.05) is 12.1 Å². The van der Waals surface area contributed by atoms with E-state index in [9.17, 15) is 0 Å². The molecule has 0 spiro atoms. The van der Waals surface area contributed by atoms with Crippen molar-refractivity contribution >= 4 is 0 Å². The van der Waals surface area contributed by atoms with Gasteiger partial charge in [-0.2, -0.15) is 0 Å². The van der Waals surface area contributed by atoms with E-state index in [4.69, 9.17) is 9.47 Å². The van der Waals surface area contributed by atoms with E-state index in [-0.39, 0.29) is 0 Å². The molecule has 0 amide bonds. The molecule has 1 N–H and O–H groups in total. The molecule has 1 heterocycles. The van der Waals surface area contributed by atoms with Gasteiger partial charge in [-0.25, -0.2) is 0 Å². The fourth-order valence-corrected chi connectivity index (χ4v) is 2.78. The highest BCUT2D eigenvalue weighted by Gasteiger charge is 2.21. The summed E-state index contributed by atoms with van der Waals surface area (Å²) in [5, 5.41) is 3.64. The lowest BCUT2D eigenvalue weighted by Gasteiger charge is -2.28. The molecule has 0 aliphatic carbocycles. The molecular weight excluding hydrogens is 262 g/mol. The number of para-hydroxylation sites is 1. The van der Waals surface area contributed by atoms with E-state index < -0.39 is 0 Å². The SMILES string of the molecule is COc1ccc(CNC2CCOc3c(C)cccc32)cc1. The third-order valence-corrected chi connectivity index (χ3v) is 3.98. The van der Waals surface area contributed by atoms with E-state index in [2.05, 4.69) is 42.6 Å². The second kappa shape index (κ2) is 6.19. The Labute approximate surface area is 125 Å². The highest BCUT2D eigenvalue weighted by Crippen LogP contribution is 2.34. The molecule has 2 aromatic rings. The Hall–Kier alpha value is -2.00. The Bertz CT molecular complexity index is 607. The molecule has 0 bridgehead atoms. The zero-order valence-corrected chi connectivity index (χ0v) is 12.6. The van der Waals surface area contributed by atoms with Gasteiger partial charge in [0.05, 0.1) is 13.7 Å². The minimum absolute atomic E-state index is 0.357. The predicted molar refractivity (Wildman–Crippen MR) is 83.9 cm³/mol. The number of hydrogen-bond acceptors (Lipinski definition) is 3. The molecule has 21 heavy (non-hydrogen) atoms. The van der Waals surface area contributed by atoms with Crippen LogP contribution in [0.3, 0.4) is 0 Å². The molecule has 110 valence electrons. The highest BCUT2D eigenvalue weighted by molar-refractivity contribution is 5.43. The molecule has 1 aliphatic heterocycles. The van der Waals surface area contributed by atoms with Crippen LogP contribution in [0.15, 0.2) is 42.5 Å². The first-order valence-electron chi connectivity index (χ1n) is 7.36. The van der Waals surface area contributed by atoms with Crippen molar-refractivity contribution in [1.29, 1.82) is 0 Å². The van der Waals surface area contributed by atoms with Gasteiger partial charge in [0.25, 0.3) is 0 Å². The summed E-state index contributed by atoms with van der Waals surface area (Å²) in [5.41, 5.74) is 3.75. The van der Waals surface area contributed by atoms with Crippen LogP contribution < -0.4 is 14.8 Å². The van der Waals surface area contributed by atoms with Crippen LogP contribution in [0.4, 0.5) is 0 Å². The van der Waals surface area contributed by atoms with E-state index >= 15 is 0 Å². The first kappa shape index (κ1) is 14.0. The second-order valence-corrected chi connectivity index (χ2v) is 5.41. The number of hydrogen-bond donors (Lipinski definition) is 1. The minimum atomic E-state index is 0.357. The maximum atomic E-state index is 5.81. The molecule has 0 saturated carbocycles. The lowest BCUT2D eigenvalue weighted by molar-refractivity contribution is 0.250. The molecule has 3 nitrogen and oxygen atoms in total. The minimum Gasteiger partial charge on any atom is -0.497 e. The van der Waals surface area contributed by atoms with E-state index in [0.717, 1.165) is 31.1 Å². The summed E-state index contributed by atoms with van der Waals surface area (Å²) in [6.45, 7) is 3.73. The predicted octanol–water partition coefficient (Wildman–Crippen LogP) is 3.62. The fraction of sp³-hybridized carbons (Fsp3) is 0.333. The van der Waals surface area contributed by atoms with Crippen LogP contribution >= 0.6 is 0 Å². The Balaban J connectivity index is 1.70. The first-order chi connectivity index (χ1) is 10.3. The molecule has 0 saturated heterocycles. The van der Waals surface area contributed by atoms with E-state index in [1.54, 1.807) is 7.11 Å². The molecule has 0 fully saturated rings. The monoisotopic (exact) mass is 283 g/mol. The number of fused-ring (bicyclic) bond motifs is 1. The van der Waals surface area contributed by atoms with Crippen molar-refractivity contribution in [3.63, 3.8) is 0 Å². The van der Waals surface area contributed by atoms with Gasteiger partial charge < -0.3 is 14.8 Å². The maximum Gasteiger partial charge on any atom is 0.126 e.